The molecule has 20 heavy (non-hydrogen) atoms. The maximum absolute atomic E-state index is 5.93. The van der Waals surface area contributed by atoms with Gasteiger partial charge in [-0.15, -0.1) is 0 Å². The summed E-state index contributed by atoms with van der Waals surface area (Å²) in [6.45, 7) is 8.20. The number of hydrogen-bond donors (Lipinski definition) is 1. The molecule has 0 aliphatic rings. The number of aryl methyl sites for hydroxylation is 2. The number of benzene rings is 1. The lowest BCUT2D eigenvalue weighted by molar-refractivity contribution is 0.301. The average Bonchev–Trinajstić information content (AvgIpc) is 2.76. The van der Waals surface area contributed by atoms with Crippen molar-refractivity contribution in [2.75, 3.05) is 6.54 Å². The molecule has 0 radical (unpaired) electrons. The van der Waals surface area contributed by atoms with Gasteiger partial charge in [-0.2, -0.15) is 0 Å². The molecule has 108 valence electrons. The number of nitrogens with one attached hydrogen (secondary N) is 1. The molecule has 1 aromatic carbocycles. The largest absolute Gasteiger partial charge is 0.489 e. The molecule has 0 bridgehead atoms. The third kappa shape index (κ3) is 3.78. The van der Waals surface area contributed by atoms with E-state index in [1.165, 1.54) is 0 Å². The predicted molar refractivity (Wildman–Crippen MR) is 81.3 cm³/mol. The highest BCUT2D eigenvalue weighted by Crippen LogP contribution is 2.24. The highest BCUT2D eigenvalue weighted by Gasteiger charge is 2.09. The van der Waals surface area contributed by atoms with Crippen LogP contribution in [0.2, 0.25) is 5.02 Å². The van der Waals surface area contributed by atoms with E-state index in [-0.39, 0.29) is 0 Å². The zero-order chi connectivity index (χ0) is 14.5. The minimum Gasteiger partial charge on any atom is -0.489 e. The zero-order valence-corrected chi connectivity index (χ0v) is 12.9. The van der Waals surface area contributed by atoms with Gasteiger partial charge in [0.05, 0.1) is 6.54 Å². The quantitative estimate of drug-likeness (QED) is 0.865. The van der Waals surface area contributed by atoms with Gasteiger partial charge in [0.25, 0.3) is 0 Å². The number of furan rings is 1. The van der Waals surface area contributed by atoms with Crippen LogP contribution in [0, 0.1) is 13.8 Å². The minimum absolute atomic E-state index is 0.504. The molecule has 3 nitrogen and oxygen atoms in total. The Kier molecular flexibility index (Phi) is 5.10. The maximum atomic E-state index is 5.93. The monoisotopic (exact) mass is 293 g/mol. The third-order valence-electron chi connectivity index (χ3n) is 3.14. The smallest absolute Gasteiger partial charge is 0.122 e. The van der Waals surface area contributed by atoms with Gasteiger partial charge in [0.1, 0.15) is 23.9 Å². The van der Waals surface area contributed by atoms with E-state index in [1.54, 1.807) is 0 Å². The topological polar surface area (TPSA) is 34.4 Å². The van der Waals surface area contributed by atoms with E-state index < -0.39 is 0 Å². The summed E-state index contributed by atoms with van der Waals surface area (Å²) in [5.41, 5.74) is 2.11. The molecular weight excluding hydrogens is 274 g/mol. The van der Waals surface area contributed by atoms with Gasteiger partial charge in [0.15, 0.2) is 0 Å². The molecule has 1 N–H and O–H groups in total. The Morgan fingerprint density at radius 3 is 2.75 bits per heavy atom. The summed E-state index contributed by atoms with van der Waals surface area (Å²) >= 11 is 5.93. The molecule has 0 fully saturated rings. The van der Waals surface area contributed by atoms with Crippen molar-refractivity contribution in [2.45, 2.75) is 33.9 Å². The second kappa shape index (κ2) is 6.82. The van der Waals surface area contributed by atoms with Crippen molar-refractivity contribution in [3.8, 4) is 5.75 Å². The standard InChI is InChI=1S/C16H20ClNO2/c1-4-18-9-15-8-13(12(3)20-15)10-19-16-6-5-14(17)7-11(16)2/h5-8,18H,4,9-10H2,1-3H3. The lowest BCUT2D eigenvalue weighted by atomic mass is 10.2. The average molecular weight is 294 g/mol. The first-order valence-corrected chi connectivity index (χ1v) is 7.15. The molecule has 0 spiro atoms. The molecule has 2 rings (SSSR count). The van der Waals surface area contributed by atoms with Crippen molar-refractivity contribution in [2.24, 2.45) is 0 Å². The van der Waals surface area contributed by atoms with Crippen LogP contribution in [0.15, 0.2) is 28.7 Å². The van der Waals surface area contributed by atoms with E-state index >= 15 is 0 Å². The number of ether oxygens (including phenoxy) is 1. The summed E-state index contributed by atoms with van der Waals surface area (Å²) in [4.78, 5) is 0. The van der Waals surface area contributed by atoms with Gasteiger partial charge in [-0.1, -0.05) is 18.5 Å². The van der Waals surface area contributed by atoms with Crippen LogP contribution in [0.25, 0.3) is 0 Å². The minimum atomic E-state index is 0.504. The van der Waals surface area contributed by atoms with Gasteiger partial charge >= 0.3 is 0 Å². The van der Waals surface area contributed by atoms with Gasteiger partial charge in [0.2, 0.25) is 0 Å². The van der Waals surface area contributed by atoms with Crippen LogP contribution in [-0.4, -0.2) is 6.54 Å². The Morgan fingerprint density at radius 1 is 1.25 bits per heavy atom. The molecule has 0 amide bonds. The first-order valence-electron chi connectivity index (χ1n) is 6.78. The Morgan fingerprint density at radius 2 is 2.05 bits per heavy atom. The number of rotatable bonds is 6. The highest BCUT2D eigenvalue weighted by atomic mass is 35.5. The van der Waals surface area contributed by atoms with Crippen molar-refractivity contribution in [1.82, 2.24) is 5.32 Å². The van der Waals surface area contributed by atoms with Gasteiger partial charge in [0, 0.05) is 10.6 Å². The SMILES string of the molecule is CCNCc1cc(COc2ccc(Cl)cc2C)c(C)o1. The number of hydrogen-bond acceptors (Lipinski definition) is 3. The van der Waals surface area contributed by atoms with Gasteiger partial charge < -0.3 is 14.5 Å². The van der Waals surface area contributed by atoms with Crippen LogP contribution in [0.5, 0.6) is 5.75 Å². The number of halogens is 1. The van der Waals surface area contributed by atoms with Crippen molar-refractivity contribution < 1.29 is 9.15 Å². The van der Waals surface area contributed by atoms with Crippen LogP contribution in [0.3, 0.4) is 0 Å². The lowest BCUT2D eigenvalue weighted by Crippen LogP contribution is -2.10. The van der Waals surface area contributed by atoms with Gasteiger partial charge in [-0.3, -0.25) is 0 Å². The molecule has 0 atom stereocenters. The molecule has 0 saturated heterocycles. The summed E-state index contributed by atoms with van der Waals surface area (Å²) in [5, 5.41) is 3.97. The molecule has 4 heteroatoms. The molecular formula is C16H20ClNO2. The van der Waals surface area contributed by atoms with Crippen LogP contribution in [0.4, 0.5) is 0 Å². The van der Waals surface area contributed by atoms with E-state index in [1.807, 2.05) is 38.1 Å². The molecule has 1 aromatic heterocycles. The molecule has 0 unspecified atom stereocenters. The summed E-state index contributed by atoms with van der Waals surface area (Å²) in [5.74, 6) is 2.70. The fraction of sp³-hybridized carbons (Fsp3) is 0.375. The second-order valence-electron chi connectivity index (χ2n) is 4.77. The molecule has 0 aliphatic heterocycles. The van der Waals surface area contributed by atoms with E-state index in [2.05, 4.69) is 12.2 Å². The molecule has 2 aromatic rings. The summed E-state index contributed by atoms with van der Waals surface area (Å²) in [7, 11) is 0. The van der Waals surface area contributed by atoms with E-state index in [0.29, 0.717) is 6.61 Å². The van der Waals surface area contributed by atoms with Gasteiger partial charge in [-0.05, 0) is 50.2 Å². The molecule has 0 aliphatic carbocycles. The van der Waals surface area contributed by atoms with E-state index in [4.69, 9.17) is 20.8 Å². The summed E-state index contributed by atoms with van der Waals surface area (Å²) in [6, 6.07) is 7.67. The van der Waals surface area contributed by atoms with Crippen LogP contribution >= 0.6 is 11.6 Å². The van der Waals surface area contributed by atoms with Crippen molar-refractivity contribution >= 4 is 11.6 Å². The summed E-state index contributed by atoms with van der Waals surface area (Å²) in [6.07, 6.45) is 0. The van der Waals surface area contributed by atoms with Gasteiger partial charge in [-0.25, -0.2) is 0 Å². The van der Waals surface area contributed by atoms with E-state index in [0.717, 1.165) is 46.5 Å². The van der Waals surface area contributed by atoms with E-state index in [9.17, 15) is 0 Å². The highest BCUT2D eigenvalue weighted by molar-refractivity contribution is 6.30. The Hall–Kier alpha value is -1.45. The first-order chi connectivity index (χ1) is 9.60. The maximum Gasteiger partial charge on any atom is 0.122 e. The molecule has 1 heterocycles. The third-order valence-corrected chi connectivity index (χ3v) is 3.38. The first kappa shape index (κ1) is 14.9. The predicted octanol–water partition coefficient (Wildman–Crippen LogP) is 4.24. The second-order valence-corrected chi connectivity index (χ2v) is 5.21. The van der Waals surface area contributed by atoms with Crippen molar-refractivity contribution in [3.05, 3.63) is 51.9 Å². The van der Waals surface area contributed by atoms with Crippen LogP contribution in [0.1, 0.15) is 29.6 Å². The Balaban J connectivity index is 2.01. The fourth-order valence-electron chi connectivity index (χ4n) is 2.00. The van der Waals surface area contributed by atoms with Crippen LogP contribution < -0.4 is 10.1 Å². The van der Waals surface area contributed by atoms with Crippen molar-refractivity contribution in [1.29, 1.82) is 0 Å². The summed E-state index contributed by atoms with van der Waals surface area (Å²) < 4.78 is 11.5. The normalized spacial score (nSPS) is 10.8. The zero-order valence-electron chi connectivity index (χ0n) is 12.1. The van der Waals surface area contributed by atoms with Crippen molar-refractivity contribution in [3.63, 3.8) is 0 Å². The Labute approximate surface area is 124 Å². The molecule has 0 saturated carbocycles. The fourth-order valence-corrected chi connectivity index (χ4v) is 2.22. The lowest BCUT2D eigenvalue weighted by Gasteiger charge is -2.08. The Bertz CT molecular complexity index is 578. The van der Waals surface area contributed by atoms with Crippen LogP contribution in [-0.2, 0) is 13.2 Å².